The Bertz CT molecular complexity index is 481. The normalized spacial score (nSPS) is 12.6. The van der Waals surface area contributed by atoms with Gasteiger partial charge in [0.25, 0.3) is 0 Å². The third kappa shape index (κ3) is 3.09. The van der Waals surface area contributed by atoms with Gasteiger partial charge in [-0.2, -0.15) is 0 Å². The monoisotopic (exact) mass is 251 g/mol. The van der Waals surface area contributed by atoms with Gasteiger partial charge in [0.05, 0.1) is 11.0 Å². The van der Waals surface area contributed by atoms with Crippen LogP contribution >= 0.6 is 11.3 Å². The van der Waals surface area contributed by atoms with E-state index in [1.54, 1.807) is 23.5 Å². The van der Waals surface area contributed by atoms with Crippen molar-refractivity contribution in [2.24, 2.45) is 5.84 Å². The molecule has 1 aromatic heterocycles. The zero-order chi connectivity index (χ0) is 12.3. The number of rotatable bonds is 4. The smallest absolute Gasteiger partial charge is 0.123 e. The molecule has 0 bridgehead atoms. The third-order valence-corrected chi connectivity index (χ3v) is 3.51. The summed E-state index contributed by atoms with van der Waals surface area (Å²) in [6, 6.07) is 6.31. The minimum atomic E-state index is -0.241. The van der Waals surface area contributed by atoms with Crippen molar-refractivity contribution in [2.45, 2.75) is 19.4 Å². The predicted octanol–water partition coefficient (Wildman–Crippen LogP) is 2.34. The molecule has 1 heterocycles. The first-order valence-electron chi connectivity index (χ1n) is 5.31. The van der Waals surface area contributed by atoms with Gasteiger partial charge in [0.15, 0.2) is 0 Å². The first-order valence-corrected chi connectivity index (χ1v) is 6.19. The summed E-state index contributed by atoms with van der Waals surface area (Å²) in [5, 5.41) is 3.03. The highest BCUT2D eigenvalue weighted by molar-refractivity contribution is 7.09. The third-order valence-electron chi connectivity index (χ3n) is 2.52. The molecule has 0 radical (unpaired) electrons. The van der Waals surface area contributed by atoms with Crippen LogP contribution in [0.3, 0.4) is 0 Å². The van der Waals surface area contributed by atoms with E-state index in [0.717, 1.165) is 16.3 Å². The number of benzene rings is 1. The molecule has 0 amide bonds. The fourth-order valence-corrected chi connectivity index (χ4v) is 2.46. The van der Waals surface area contributed by atoms with Gasteiger partial charge in [0.2, 0.25) is 0 Å². The number of nitrogens with two attached hydrogens (primary N) is 1. The Morgan fingerprint density at radius 1 is 1.41 bits per heavy atom. The van der Waals surface area contributed by atoms with Crippen molar-refractivity contribution in [3.63, 3.8) is 0 Å². The molecule has 1 aromatic carbocycles. The highest BCUT2D eigenvalue weighted by Crippen LogP contribution is 2.20. The molecule has 2 aromatic rings. The van der Waals surface area contributed by atoms with Crippen LogP contribution in [0.15, 0.2) is 29.6 Å². The Hall–Kier alpha value is -1.30. The Labute approximate surface area is 103 Å². The lowest BCUT2D eigenvalue weighted by atomic mass is 10.0. The second kappa shape index (κ2) is 5.35. The average Bonchev–Trinajstić information content (AvgIpc) is 2.73. The SMILES string of the molecule is Cc1csc(CC(NN)c2ccc(F)cc2)n1. The summed E-state index contributed by atoms with van der Waals surface area (Å²) in [6.07, 6.45) is 0.709. The first-order chi connectivity index (χ1) is 8.19. The van der Waals surface area contributed by atoms with Gasteiger partial charge in [-0.1, -0.05) is 12.1 Å². The van der Waals surface area contributed by atoms with Crippen LogP contribution < -0.4 is 11.3 Å². The van der Waals surface area contributed by atoms with Crippen molar-refractivity contribution >= 4 is 11.3 Å². The minimum absolute atomic E-state index is 0.0406. The van der Waals surface area contributed by atoms with Crippen LogP contribution in [0, 0.1) is 12.7 Å². The molecule has 0 aliphatic rings. The number of hydrazine groups is 1. The van der Waals surface area contributed by atoms with Gasteiger partial charge >= 0.3 is 0 Å². The van der Waals surface area contributed by atoms with Crippen molar-refractivity contribution in [1.82, 2.24) is 10.4 Å². The average molecular weight is 251 g/mol. The molecule has 1 atom stereocenters. The van der Waals surface area contributed by atoms with Crippen LogP contribution in [-0.2, 0) is 6.42 Å². The van der Waals surface area contributed by atoms with Crippen LogP contribution in [0.5, 0.6) is 0 Å². The van der Waals surface area contributed by atoms with Crippen molar-refractivity contribution in [1.29, 1.82) is 0 Å². The van der Waals surface area contributed by atoms with Crippen LogP contribution in [0.4, 0.5) is 4.39 Å². The molecule has 3 N–H and O–H groups in total. The Morgan fingerprint density at radius 2 is 2.12 bits per heavy atom. The van der Waals surface area contributed by atoms with Gasteiger partial charge < -0.3 is 0 Å². The minimum Gasteiger partial charge on any atom is -0.271 e. The number of halogens is 1. The first kappa shape index (κ1) is 12.2. The Balaban J connectivity index is 2.13. The molecule has 0 aliphatic heterocycles. The Kier molecular flexibility index (Phi) is 3.83. The van der Waals surface area contributed by atoms with E-state index in [2.05, 4.69) is 10.4 Å². The van der Waals surface area contributed by atoms with Crippen molar-refractivity contribution in [2.75, 3.05) is 0 Å². The molecule has 0 aliphatic carbocycles. The molecule has 3 nitrogen and oxygen atoms in total. The molecular weight excluding hydrogens is 237 g/mol. The quantitative estimate of drug-likeness (QED) is 0.648. The van der Waals surface area contributed by atoms with E-state index in [1.165, 1.54) is 12.1 Å². The fraction of sp³-hybridized carbons (Fsp3) is 0.250. The maximum atomic E-state index is 12.8. The standard InChI is InChI=1S/C12H14FN3S/c1-8-7-17-12(15-8)6-11(16-14)9-2-4-10(13)5-3-9/h2-5,7,11,16H,6,14H2,1H3. The molecule has 1 unspecified atom stereocenters. The van der Waals surface area contributed by atoms with Crippen molar-refractivity contribution in [3.05, 3.63) is 51.7 Å². The molecule has 17 heavy (non-hydrogen) atoms. The fourth-order valence-electron chi connectivity index (χ4n) is 1.64. The zero-order valence-electron chi connectivity index (χ0n) is 9.48. The highest BCUT2D eigenvalue weighted by atomic mass is 32.1. The lowest BCUT2D eigenvalue weighted by Gasteiger charge is -2.14. The van der Waals surface area contributed by atoms with E-state index in [0.29, 0.717) is 6.42 Å². The van der Waals surface area contributed by atoms with Crippen LogP contribution in [0.2, 0.25) is 0 Å². The highest BCUT2D eigenvalue weighted by Gasteiger charge is 2.12. The molecule has 5 heteroatoms. The van der Waals surface area contributed by atoms with Gasteiger partial charge in [-0.05, 0) is 24.6 Å². The predicted molar refractivity (Wildman–Crippen MR) is 67.0 cm³/mol. The maximum Gasteiger partial charge on any atom is 0.123 e. The summed E-state index contributed by atoms with van der Waals surface area (Å²) in [5.41, 5.74) is 4.71. The summed E-state index contributed by atoms with van der Waals surface area (Å²) in [6.45, 7) is 1.96. The van der Waals surface area contributed by atoms with Crippen LogP contribution in [0.1, 0.15) is 22.3 Å². The van der Waals surface area contributed by atoms with E-state index in [1.807, 2.05) is 12.3 Å². The van der Waals surface area contributed by atoms with Gasteiger partial charge in [0.1, 0.15) is 5.82 Å². The Morgan fingerprint density at radius 3 is 2.65 bits per heavy atom. The van der Waals surface area contributed by atoms with E-state index in [4.69, 9.17) is 5.84 Å². The number of hydrogen-bond acceptors (Lipinski definition) is 4. The number of thiazole rings is 1. The summed E-state index contributed by atoms with van der Waals surface area (Å²) in [5.74, 6) is 5.29. The number of hydrogen-bond donors (Lipinski definition) is 2. The van der Waals surface area contributed by atoms with E-state index >= 15 is 0 Å². The second-order valence-corrected chi connectivity index (χ2v) is 4.80. The van der Waals surface area contributed by atoms with E-state index in [9.17, 15) is 4.39 Å². The number of nitrogens with zero attached hydrogens (tertiary/aromatic N) is 1. The molecule has 0 spiro atoms. The maximum absolute atomic E-state index is 12.8. The molecule has 0 saturated heterocycles. The summed E-state index contributed by atoms with van der Waals surface area (Å²) in [4.78, 5) is 4.39. The molecular formula is C12H14FN3S. The van der Waals surface area contributed by atoms with Crippen LogP contribution in [0.25, 0.3) is 0 Å². The number of aryl methyl sites for hydroxylation is 1. The lowest BCUT2D eigenvalue weighted by molar-refractivity contribution is 0.548. The van der Waals surface area contributed by atoms with Gasteiger partial charge in [0, 0.05) is 17.5 Å². The summed E-state index contributed by atoms with van der Waals surface area (Å²) < 4.78 is 12.8. The molecule has 0 fully saturated rings. The van der Waals surface area contributed by atoms with Gasteiger partial charge in [-0.15, -0.1) is 11.3 Å². The summed E-state index contributed by atoms with van der Waals surface area (Å²) >= 11 is 1.61. The van der Waals surface area contributed by atoms with E-state index < -0.39 is 0 Å². The zero-order valence-corrected chi connectivity index (χ0v) is 10.3. The van der Waals surface area contributed by atoms with Gasteiger partial charge in [-0.25, -0.2) is 9.37 Å². The second-order valence-electron chi connectivity index (χ2n) is 3.86. The van der Waals surface area contributed by atoms with Crippen molar-refractivity contribution < 1.29 is 4.39 Å². The van der Waals surface area contributed by atoms with Crippen LogP contribution in [-0.4, -0.2) is 4.98 Å². The topological polar surface area (TPSA) is 50.9 Å². The largest absolute Gasteiger partial charge is 0.271 e. The number of aromatic nitrogens is 1. The van der Waals surface area contributed by atoms with Crippen molar-refractivity contribution in [3.8, 4) is 0 Å². The van der Waals surface area contributed by atoms with E-state index in [-0.39, 0.29) is 11.9 Å². The molecule has 90 valence electrons. The summed E-state index contributed by atoms with van der Waals surface area (Å²) in [7, 11) is 0. The lowest BCUT2D eigenvalue weighted by Crippen LogP contribution is -2.29. The van der Waals surface area contributed by atoms with Gasteiger partial charge in [-0.3, -0.25) is 11.3 Å². The molecule has 0 saturated carbocycles. The number of nitrogens with one attached hydrogen (secondary N) is 1. The molecule has 2 rings (SSSR count).